The smallest absolute Gasteiger partial charge is 0.270 e. The molecule has 1 aromatic carbocycles. The summed E-state index contributed by atoms with van der Waals surface area (Å²) >= 11 is 0. The minimum atomic E-state index is -0.526. The first-order valence-electron chi connectivity index (χ1n) is 5.35. The third kappa shape index (κ3) is 3.28. The van der Waals surface area contributed by atoms with Crippen LogP contribution >= 0.6 is 0 Å². The first-order valence-corrected chi connectivity index (χ1v) is 5.35. The van der Waals surface area contributed by atoms with Crippen molar-refractivity contribution < 1.29 is 9.72 Å². The average molecular weight is 246 g/mol. The van der Waals surface area contributed by atoms with Gasteiger partial charge in [0.1, 0.15) is 0 Å². The summed E-state index contributed by atoms with van der Waals surface area (Å²) in [5, 5.41) is 10.6. The van der Waals surface area contributed by atoms with Crippen LogP contribution in [0.5, 0.6) is 0 Å². The van der Waals surface area contributed by atoms with E-state index in [1.54, 1.807) is 18.2 Å². The maximum absolute atomic E-state index is 12.1. The molecule has 94 valence electrons. The van der Waals surface area contributed by atoms with Crippen LogP contribution < -0.4 is 0 Å². The molecule has 0 aliphatic carbocycles. The number of rotatable bonds is 6. The van der Waals surface area contributed by atoms with Crippen molar-refractivity contribution in [1.29, 1.82) is 0 Å². The molecule has 5 nitrogen and oxygen atoms in total. The van der Waals surface area contributed by atoms with Crippen molar-refractivity contribution in [3.05, 3.63) is 65.3 Å². The van der Waals surface area contributed by atoms with E-state index in [9.17, 15) is 14.9 Å². The molecule has 5 heteroatoms. The monoisotopic (exact) mass is 246 g/mol. The molecule has 0 atom stereocenters. The number of hydrogen-bond donors (Lipinski definition) is 0. The van der Waals surface area contributed by atoms with E-state index in [4.69, 9.17) is 0 Å². The van der Waals surface area contributed by atoms with Crippen LogP contribution in [0.1, 0.15) is 10.4 Å². The van der Waals surface area contributed by atoms with Crippen LogP contribution in [0, 0.1) is 10.1 Å². The Bertz CT molecular complexity index is 473. The second kappa shape index (κ2) is 6.34. The van der Waals surface area contributed by atoms with Crippen molar-refractivity contribution >= 4 is 11.6 Å². The molecule has 1 amide bonds. The Morgan fingerprint density at radius 2 is 1.94 bits per heavy atom. The molecule has 0 N–H and O–H groups in total. The quantitative estimate of drug-likeness (QED) is 0.440. The van der Waals surface area contributed by atoms with Crippen LogP contribution in [-0.2, 0) is 0 Å². The van der Waals surface area contributed by atoms with Gasteiger partial charge in [-0.05, 0) is 6.07 Å². The fourth-order valence-electron chi connectivity index (χ4n) is 1.49. The summed E-state index contributed by atoms with van der Waals surface area (Å²) in [6, 6.07) is 5.66. The maximum atomic E-state index is 12.1. The Morgan fingerprint density at radius 1 is 1.33 bits per heavy atom. The molecular formula is C13H14N2O3. The van der Waals surface area contributed by atoms with Crippen molar-refractivity contribution in [3.63, 3.8) is 0 Å². The van der Waals surface area contributed by atoms with Crippen LogP contribution in [-0.4, -0.2) is 28.8 Å². The van der Waals surface area contributed by atoms with E-state index in [0.717, 1.165) is 0 Å². The zero-order valence-corrected chi connectivity index (χ0v) is 9.91. The third-order valence-corrected chi connectivity index (χ3v) is 2.29. The lowest BCUT2D eigenvalue weighted by atomic mass is 10.1. The number of carbonyl (C=O) groups is 1. The highest BCUT2D eigenvalue weighted by atomic mass is 16.6. The van der Waals surface area contributed by atoms with E-state index in [1.807, 2.05) is 0 Å². The number of nitrogens with zero attached hydrogens (tertiary/aromatic N) is 2. The SMILES string of the molecule is C=CCN(CC=C)C(=O)c1cccc([N+](=O)[O-])c1. The fraction of sp³-hybridized carbons (Fsp3) is 0.154. The second-order valence-corrected chi connectivity index (χ2v) is 3.59. The number of carbonyl (C=O) groups excluding carboxylic acids is 1. The first kappa shape index (κ1) is 13.6. The standard InChI is InChI=1S/C13H14N2O3/c1-3-8-14(9-4-2)13(16)11-6-5-7-12(10-11)15(17)18/h3-7,10H,1-2,8-9H2. The Labute approximate surface area is 105 Å². The molecule has 1 rings (SSSR count). The number of nitro benzene ring substituents is 1. The van der Waals surface area contributed by atoms with Crippen molar-refractivity contribution in [2.24, 2.45) is 0 Å². The van der Waals surface area contributed by atoms with Crippen LogP contribution in [0.3, 0.4) is 0 Å². The molecule has 0 spiro atoms. The summed E-state index contributed by atoms with van der Waals surface area (Å²) < 4.78 is 0. The van der Waals surface area contributed by atoms with Gasteiger partial charge in [0.2, 0.25) is 0 Å². The van der Waals surface area contributed by atoms with Crippen molar-refractivity contribution in [2.45, 2.75) is 0 Å². The molecule has 0 aromatic heterocycles. The van der Waals surface area contributed by atoms with Gasteiger partial charge in [-0.15, -0.1) is 13.2 Å². The molecule has 18 heavy (non-hydrogen) atoms. The number of non-ortho nitro benzene ring substituents is 1. The molecule has 0 aliphatic rings. The van der Waals surface area contributed by atoms with Crippen molar-refractivity contribution in [3.8, 4) is 0 Å². The van der Waals surface area contributed by atoms with E-state index in [-0.39, 0.29) is 17.2 Å². The summed E-state index contributed by atoms with van der Waals surface area (Å²) in [6.07, 6.45) is 3.19. The highest BCUT2D eigenvalue weighted by Crippen LogP contribution is 2.14. The maximum Gasteiger partial charge on any atom is 0.270 e. The molecule has 0 bridgehead atoms. The summed E-state index contributed by atoms with van der Waals surface area (Å²) in [4.78, 5) is 23.7. The summed E-state index contributed by atoms with van der Waals surface area (Å²) in [5.74, 6) is -0.279. The van der Waals surface area contributed by atoms with Crippen molar-refractivity contribution in [1.82, 2.24) is 4.90 Å². The average Bonchev–Trinajstić information content (AvgIpc) is 2.38. The van der Waals surface area contributed by atoms with Gasteiger partial charge in [0.25, 0.3) is 11.6 Å². The van der Waals surface area contributed by atoms with E-state index >= 15 is 0 Å². The molecular weight excluding hydrogens is 232 g/mol. The number of amides is 1. The number of nitro groups is 1. The van der Waals surface area contributed by atoms with E-state index in [1.165, 1.54) is 23.1 Å². The zero-order chi connectivity index (χ0) is 13.5. The summed E-state index contributed by atoms with van der Waals surface area (Å²) in [7, 11) is 0. The Hall–Kier alpha value is -2.43. The predicted octanol–water partition coefficient (Wildman–Crippen LogP) is 2.41. The van der Waals surface area contributed by atoms with Crippen LogP contribution in [0.4, 0.5) is 5.69 Å². The van der Waals surface area contributed by atoms with Gasteiger partial charge in [0, 0.05) is 30.8 Å². The Morgan fingerprint density at radius 3 is 2.44 bits per heavy atom. The molecule has 0 unspecified atom stereocenters. The van der Waals surface area contributed by atoms with Gasteiger partial charge in [-0.2, -0.15) is 0 Å². The van der Waals surface area contributed by atoms with Crippen LogP contribution in [0.2, 0.25) is 0 Å². The molecule has 0 saturated carbocycles. The summed E-state index contributed by atoms with van der Waals surface area (Å²) in [6.45, 7) is 7.87. The molecule has 0 fully saturated rings. The van der Waals surface area contributed by atoms with Gasteiger partial charge in [-0.1, -0.05) is 18.2 Å². The molecule has 0 aliphatic heterocycles. The molecule has 1 aromatic rings. The van der Waals surface area contributed by atoms with Crippen molar-refractivity contribution in [2.75, 3.05) is 13.1 Å². The second-order valence-electron chi connectivity index (χ2n) is 3.59. The van der Waals surface area contributed by atoms with E-state index in [0.29, 0.717) is 13.1 Å². The zero-order valence-electron chi connectivity index (χ0n) is 9.91. The number of hydrogen-bond acceptors (Lipinski definition) is 3. The number of benzene rings is 1. The van der Waals surface area contributed by atoms with Gasteiger partial charge in [-0.3, -0.25) is 14.9 Å². The van der Waals surface area contributed by atoms with Gasteiger partial charge < -0.3 is 4.90 Å². The molecule has 0 saturated heterocycles. The minimum absolute atomic E-state index is 0.0991. The fourth-order valence-corrected chi connectivity index (χ4v) is 1.49. The lowest BCUT2D eigenvalue weighted by Crippen LogP contribution is -2.31. The van der Waals surface area contributed by atoms with Gasteiger partial charge in [0.15, 0.2) is 0 Å². The van der Waals surface area contributed by atoms with Gasteiger partial charge in [0.05, 0.1) is 4.92 Å². The Balaban J connectivity index is 3.00. The first-order chi connectivity index (χ1) is 8.60. The third-order valence-electron chi connectivity index (χ3n) is 2.29. The van der Waals surface area contributed by atoms with E-state index in [2.05, 4.69) is 13.2 Å². The summed E-state index contributed by atoms with van der Waals surface area (Å²) in [5.41, 5.74) is 0.186. The van der Waals surface area contributed by atoms with E-state index < -0.39 is 4.92 Å². The topological polar surface area (TPSA) is 63.5 Å². The lowest BCUT2D eigenvalue weighted by molar-refractivity contribution is -0.384. The molecule has 0 radical (unpaired) electrons. The highest BCUT2D eigenvalue weighted by Gasteiger charge is 2.16. The normalized spacial score (nSPS) is 9.56. The predicted molar refractivity (Wildman–Crippen MR) is 69.4 cm³/mol. The van der Waals surface area contributed by atoms with Crippen LogP contribution in [0.15, 0.2) is 49.6 Å². The molecule has 0 heterocycles. The Kier molecular flexibility index (Phi) is 4.80. The largest absolute Gasteiger partial charge is 0.331 e. The highest BCUT2D eigenvalue weighted by molar-refractivity contribution is 5.95. The minimum Gasteiger partial charge on any atom is -0.331 e. The van der Waals surface area contributed by atoms with Gasteiger partial charge in [-0.25, -0.2) is 0 Å². The van der Waals surface area contributed by atoms with Gasteiger partial charge >= 0.3 is 0 Å². The van der Waals surface area contributed by atoms with Crippen LogP contribution in [0.25, 0.3) is 0 Å². The lowest BCUT2D eigenvalue weighted by Gasteiger charge is -2.19.